The Balaban J connectivity index is 1.52. The van der Waals surface area contributed by atoms with Gasteiger partial charge in [-0.15, -0.1) is 0 Å². The van der Waals surface area contributed by atoms with Crippen LogP contribution in [-0.4, -0.2) is 0 Å². The van der Waals surface area contributed by atoms with E-state index in [0.29, 0.717) is 0 Å². The molecule has 45 heavy (non-hydrogen) atoms. The molecule has 0 bridgehead atoms. The van der Waals surface area contributed by atoms with Gasteiger partial charge in [-0.2, -0.15) is 0 Å². The summed E-state index contributed by atoms with van der Waals surface area (Å²) in [7, 11) is 0. The van der Waals surface area contributed by atoms with Crippen molar-refractivity contribution in [1.29, 1.82) is 0 Å². The summed E-state index contributed by atoms with van der Waals surface area (Å²) < 4.78 is 240. The molecule has 0 saturated carbocycles. The Hall–Kier alpha value is -5.92. The van der Waals surface area contributed by atoms with E-state index in [0.717, 1.165) is 0 Å². The third kappa shape index (κ3) is 3.56. The summed E-state index contributed by atoms with van der Waals surface area (Å²) in [6.07, 6.45) is 0. The van der Waals surface area contributed by atoms with E-state index in [9.17, 15) is 13.7 Å². The standard InChI is InChI=1S/C44H26O/c1-3-11-32-27(9-1)17-18-29-25-30(19-22-33(29)32)42-35-13-5-7-15-37(35)43(38-16-8-6-14-36(38)42)31-21-23-40-39(26-31)44-34-12-4-2-10-28(34)20-24-41(44)45-40/h1-26H/i1D,2D,3D,4D,5D,6D,7D,8D,9D,10D,11D,12D,13D,14D,15D,16D,17D,18D,19D,20D,21D,22D,23D,24D,25D,26D. The predicted octanol–water partition coefficient (Wildman–Crippen LogP) is 12.7. The molecule has 1 nitrogen and oxygen atoms in total. The molecule has 1 heteroatoms. The Labute approximate surface area is 296 Å². The van der Waals surface area contributed by atoms with Crippen molar-refractivity contribution in [3.63, 3.8) is 0 Å². The summed E-state index contributed by atoms with van der Waals surface area (Å²) in [5, 5.41) is -6.74. The number of furan rings is 1. The van der Waals surface area contributed by atoms with Gasteiger partial charge >= 0.3 is 0 Å². The topological polar surface area (TPSA) is 13.1 Å². The van der Waals surface area contributed by atoms with Crippen LogP contribution in [0.2, 0.25) is 0 Å². The van der Waals surface area contributed by atoms with Crippen molar-refractivity contribution < 1.29 is 40.1 Å². The summed E-state index contributed by atoms with van der Waals surface area (Å²) >= 11 is 0. The van der Waals surface area contributed by atoms with Crippen molar-refractivity contribution in [2.75, 3.05) is 0 Å². The molecule has 0 atom stereocenters. The van der Waals surface area contributed by atoms with E-state index in [1.165, 1.54) is 0 Å². The van der Waals surface area contributed by atoms with Crippen molar-refractivity contribution in [3.8, 4) is 22.3 Å². The van der Waals surface area contributed by atoms with Crippen LogP contribution in [0.15, 0.2) is 162 Å². The molecule has 0 aliphatic carbocycles. The van der Waals surface area contributed by atoms with Gasteiger partial charge in [0.25, 0.3) is 0 Å². The Bertz CT molecular complexity index is 4210. The van der Waals surface area contributed by atoms with Gasteiger partial charge in [0.1, 0.15) is 11.2 Å². The van der Waals surface area contributed by atoms with Crippen LogP contribution in [0.1, 0.15) is 35.6 Å². The lowest BCUT2D eigenvalue weighted by atomic mass is 9.85. The number of hydrogen-bond acceptors (Lipinski definition) is 1. The first kappa shape index (κ1) is 10.3. The zero-order chi connectivity index (χ0) is 52.1. The molecule has 0 spiro atoms. The fourth-order valence-corrected chi connectivity index (χ4v) is 5.73. The van der Waals surface area contributed by atoms with Gasteiger partial charge in [0.2, 0.25) is 0 Å². The van der Waals surface area contributed by atoms with E-state index in [-0.39, 0.29) is 5.39 Å². The molecule has 10 aromatic rings. The van der Waals surface area contributed by atoms with E-state index in [1.807, 2.05) is 0 Å². The highest BCUT2D eigenvalue weighted by atomic mass is 16.3. The minimum Gasteiger partial charge on any atom is -0.456 e. The van der Waals surface area contributed by atoms with Crippen molar-refractivity contribution in [2.45, 2.75) is 0 Å². The summed E-state index contributed by atoms with van der Waals surface area (Å²) in [6, 6.07) is -22.5. The third-order valence-electron chi connectivity index (χ3n) is 7.64. The van der Waals surface area contributed by atoms with Crippen molar-refractivity contribution in [2.24, 2.45) is 0 Å². The molecule has 10 rings (SSSR count). The highest BCUT2D eigenvalue weighted by Gasteiger charge is 2.18. The van der Waals surface area contributed by atoms with Gasteiger partial charge in [-0.3, -0.25) is 0 Å². The zero-order valence-electron chi connectivity index (χ0n) is 48.4. The van der Waals surface area contributed by atoms with Gasteiger partial charge in [0, 0.05) is 10.8 Å². The minimum atomic E-state index is -0.984. The zero-order valence-corrected chi connectivity index (χ0v) is 22.4. The lowest BCUT2D eigenvalue weighted by Crippen LogP contribution is -1.91. The van der Waals surface area contributed by atoms with Gasteiger partial charge in [-0.1, -0.05) is 133 Å². The third-order valence-corrected chi connectivity index (χ3v) is 7.64. The second-order valence-corrected chi connectivity index (χ2v) is 10.0. The lowest BCUT2D eigenvalue weighted by molar-refractivity contribution is 0.669. The van der Waals surface area contributed by atoms with Crippen LogP contribution < -0.4 is 0 Å². The van der Waals surface area contributed by atoms with Gasteiger partial charge in [-0.05, 0) is 100 Å². The van der Waals surface area contributed by atoms with Crippen LogP contribution in [0.5, 0.6) is 0 Å². The molecule has 0 radical (unpaired) electrons. The Morgan fingerprint density at radius 2 is 0.800 bits per heavy atom. The van der Waals surface area contributed by atoms with Crippen molar-refractivity contribution in [1.82, 2.24) is 0 Å². The van der Waals surface area contributed by atoms with Gasteiger partial charge < -0.3 is 4.42 Å². The average Bonchev–Trinajstić information content (AvgIpc) is 3.75. The summed E-state index contributed by atoms with van der Waals surface area (Å²) in [6.45, 7) is 0. The second-order valence-electron chi connectivity index (χ2n) is 10.0. The van der Waals surface area contributed by atoms with Gasteiger partial charge in [0.05, 0.1) is 35.6 Å². The Morgan fingerprint density at radius 3 is 1.49 bits per heavy atom. The number of fused-ring (bicyclic) bond motifs is 10. The maximum Gasteiger partial charge on any atom is 0.136 e. The molecule has 1 aromatic heterocycles. The molecule has 208 valence electrons. The highest BCUT2D eigenvalue weighted by molar-refractivity contribution is 6.24. The van der Waals surface area contributed by atoms with E-state index < -0.39 is 250 Å². The number of hydrogen-bond donors (Lipinski definition) is 0. The lowest BCUT2D eigenvalue weighted by Gasteiger charge is -2.18. The quantitative estimate of drug-likeness (QED) is 0.143. The smallest absolute Gasteiger partial charge is 0.136 e. The number of rotatable bonds is 2. The molecule has 9 aromatic carbocycles. The van der Waals surface area contributed by atoms with E-state index in [2.05, 4.69) is 0 Å². The van der Waals surface area contributed by atoms with Crippen LogP contribution >= 0.6 is 0 Å². The molecular formula is C44H26O. The van der Waals surface area contributed by atoms with Gasteiger partial charge in [0.15, 0.2) is 0 Å². The maximum absolute atomic E-state index is 9.87. The Morgan fingerprint density at radius 1 is 0.333 bits per heavy atom. The normalized spacial score (nSPS) is 20.1. The first-order chi connectivity index (χ1) is 33.2. The van der Waals surface area contributed by atoms with Crippen LogP contribution in [0.25, 0.3) is 98.1 Å². The largest absolute Gasteiger partial charge is 0.456 e. The van der Waals surface area contributed by atoms with Crippen LogP contribution in [0.3, 0.4) is 0 Å². The van der Waals surface area contributed by atoms with E-state index >= 15 is 0 Å². The molecular weight excluding hydrogens is 544 g/mol. The SMILES string of the molecule is [2H]c1c(-c2c3c([2H])c([2H])c([2H])c([2H])c3c(-c3c([2H])c([2H])c4c(c3[2H])c([2H])c([2H])c3c([2H])c([2H])c([2H])c([2H])c34)c3c([2H])c([2H])c([2H])c([2H])c23)c([2H])c2c(oc3c([2H])c([2H])c4c([2H])c([2H])c([2H])c([2H])c4c32)c1[2H]. The summed E-state index contributed by atoms with van der Waals surface area (Å²) in [5.74, 6) is 0. The van der Waals surface area contributed by atoms with Gasteiger partial charge in [-0.25, -0.2) is 0 Å². The fraction of sp³-hybridized carbons (Fsp3) is 0. The molecule has 0 aliphatic rings. The summed E-state index contributed by atoms with van der Waals surface area (Å²) in [4.78, 5) is 0. The average molecular weight is 597 g/mol. The molecule has 0 N–H and O–H groups in total. The fourth-order valence-electron chi connectivity index (χ4n) is 5.73. The molecule has 0 fully saturated rings. The number of benzene rings is 9. The predicted molar refractivity (Wildman–Crippen MR) is 192 cm³/mol. The molecule has 0 aliphatic heterocycles. The van der Waals surface area contributed by atoms with Crippen LogP contribution in [-0.2, 0) is 0 Å². The second kappa shape index (κ2) is 9.29. The molecule has 1 heterocycles. The van der Waals surface area contributed by atoms with Crippen molar-refractivity contribution >= 4 is 75.8 Å². The first-order valence-corrected chi connectivity index (χ1v) is 13.4. The van der Waals surface area contributed by atoms with Crippen molar-refractivity contribution in [3.05, 3.63) is 157 Å². The Kier molecular flexibility index (Phi) is 2.13. The summed E-state index contributed by atoms with van der Waals surface area (Å²) in [5.41, 5.74) is -4.04. The molecule has 0 saturated heterocycles. The minimum absolute atomic E-state index is 0.383. The monoisotopic (exact) mass is 596 g/mol. The highest BCUT2D eigenvalue weighted by Crippen LogP contribution is 2.46. The van der Waals surface area contributed by atoms with Crippen LogP contribution in [0, 0.1) is 0 Å². The molecule has 0 unspecified atom stereocenters. The van der Waals surface area contributed by atoms with E-state index in [1.54, 1.807) is 0 Å². The maximum atomic E-state index is 9.87. The van der Waals surface area contributed by atoms with Crippen LogP contribution in [0.4, 0.5) is 0 Å². The molecule has 0 amide bonds. The first-order valence-electron chi connectivity index (χ1n) is 26.4. The van der Waals surface area contributed by atoms with E-state index in [4.69, 9.17) is 26.3 Å².